The minimum atomic E-state index is -4.64. The fraction of sp³-hybridized carbons (Fsp3) is 0.375. The van der Waals surface area contributed by atoms with E-state index < -0.39 is 17.6 Å². The number of rotatable bonds is 7. The number of carbonyl (C=O) groups excluding carboxylic acids is 1. The molecule has 1 saturated heterocycles. The summed E-state index contributed by atoms with van der Waals surface area (Å²) in [5.74, 6) is 0.0254. The molecule has 2 aromatic rings. The zero-order chi connectivity index (χ0) is 24.9. The first-order valence-electron chi connectivity index (χ1n) is 10.7. The van der Waals surface area contributed by atoms with E-state index >= 15 is 0 Å². The molecule has 1 aliphatic rings. The Labute approximate surface area is 201 Å². The highest BCUT2D eigenvalue weighted by Crippen LogP contribution is 2.39. The maximum absolute atomic E-state index is 13.7. The van der Waals surface area contributed by atoms with Crippen molar-refractivity contribution in [1.29, 1.82) is 0 Å². The number of hydrogen-bond donors (Lipinski definition) is 1. The number of amides is 1. The van der Waals surface area contributed by atoms with Gasteiger partial charge in [0.2, 0.25) is 5.91 Å². The van der Waals surface area contributed by atoms with Gasteiger partial charge in [-0.05, 0) is 55.8 Å². The van der Waals surface area contributed by atoms with Gasteiger partial charge >= 0.3 is 6.18 Å². The zero-order valence-corrected chi connectivity index (χ0v) is 19.8. The number of anilines is 2. The molecule has 1 aliphatic heterocycles. The van der Waals surface area contributed by atoms with E-state index in [-0.39, 0.29) is 16.8 Å². The summed E-state index contributed by atoms with van der Waals surface area (Å²) < 4.78 is 57.3. The lowest BCUT2D eigenvalue weighted by Crippen LogP contribution is -2.36. The van der Waals surface area contributed by atoms with Gasteiger partial charge in [0.1, 0.15) is 0 Å². The van der Waals surface area contributed by atoms with Crippen molar-refractivity contribution in [3.8, 4) is 11.5 Å². The van der Waals surface area contributed by atoms with Crippen LogP contribution in [0.5, 0.6) is 11.5 Å². The summed E-state index contributed by atoms with van der Waals surface area (Å²) in [6, 6.07) is 7.05. The molecule has 0 spiro atoms. The quantitative estimate of drug-likeness (QED) is 0.500. The van der Waals surface area contributed by atoms with Crippen LogP contribution >= 0.6 is 11.6 Å². The largest absolute Gasteiger partial charge is 0.493 e. The van der Waals surface area contributed by atoms with Gasteiger partial charge in [0.15, 0.2) is 11.5 Å². The van der Waals surface area contributed by atoms with Crippen molar-refractivity contribution in [3.05, 3.63) is 52.6 Å². The predicted octanol–water partition coefficient (Wildman–Crippen LogP) is 5.64. The van der Waals surface area contributed by atoms with Crippen LogP contribution in [-0.4, -0.2) is 45.4 Å². The molecule has 0 aliphatic carbocycles. The van der Waals surface area contributed by atoms with Crippen molar-refractivity contribution in [2.24, 2.45) is 0 Å². The van der Waals surface area contributed by atoms with E-state index in [9.17, 15) is 18.0 Å². The first-order chi connectivity index (χ1) is 16.1. The summed E-state index contributed by atoms with van der Waals surface area (Å²) in [7, 11) is 1.46. The van der Waals surface area contributed by atoms with Gasteiger partial charge in [0, 0.05) is 24.9 Å². The maximum atomic E-state index is 13.7. The third kappa shape index (κ3) is 6.57. The SMILES string of the molecule is COc1cc(/C=C/C(=O)Nc2ccc(N3CCOCC3)cc2C(F)(F)F)cc(Cl)c1OC(C)C. The van der Waals surface area contributed by atoms with Gasteiger partial charge in [-0.15, -0.1) is 0 Å². The summed E-state index contributed by atoms with van der Waals surface area (Å²) >= 11 is 6.28. The zero-order valence-electron chi connectivity index (χ0n) is 19.0. The highest BCUT2D eigenvalue weighted by atomic mass is 35.5. The smallest absolute Gasteiger partial charge is 0.418 e. The number of halogens is 4. The van der Waals surface area contributed by atoms with Crippen LogP contribution in [0.15, 0.2) is 36.4 Å². The fourth-order valence-electron chi connectivity index (χ4n) is 3.43. The second-order valence-electron chi connectivity index (χ2n) is 7.85. The molecule has 2 aromatic carbocycles. The highest BCUT2D eigenvalue weighted by molar-refractivity contribution is 6.32. The van der Waals surface area contributed by atoms with Crippen molar-refractivity contribution < 1.29 is 32.2 Å². The van der Waals surface area contributed by atoms with Gasteiger partial charge in [-0.1, -0.05) is 11.6 Å². The van der Waals surface area contributed by atoms with E-state index in [1.807, 2.05) is 18.7 Å². The summed E-state index contributed by atoms with van der Waals surface area (Å²) in [5.41, 5.74) is -0.296. The summed E-state index contributed by atoms with van der Waals surface area (Å²) in [6.07, 6.45) is -2.21. The van der Waals surface area contributed by atoms with Gasteiger partial charge in [0.25, 0.3) is 0 Å². The number of ether oxygens (including phenoxy) is 3. The maximum Gasteiger partial charge on any atom is 0.418 e. The molecular weight excluding hydrogens is 473 g/mol. The van der Waals surface area contributed by atoms with Crippen LogP contribution in [0.25, 0.3) is 6.08 Å². The van der Waals surface area contributed by atoms with E-state index in [1.165, 1.54) is 19.3 Å². The molecule has 0 atom stereocenters. The number of alkyl halides is 3. The van der Waals surface area contributed by atoms with Crippen molar-refractivity contribution in [3.63, 3.8) is 0 Å². The van der Waals surface area contributed by atoms with E-state index in [0.29, 0.717) is 49.1 Å². The molecule has 3 rings (SSSR count). The minimum absolute atomic E-state index is 0.129. The Morgan fingerprint density at radius 3 is 2.53 bits per heavy atom. The van der Waals surface area contributed by atoms with Gasteiger partial charge in [0.05, 0.1) is 42.7 Å². The summed E-state index contributed by atoms with van der Waals surface area (Å²) in [4.78, 5) is 14.2. The standard InChI is InChI=1S/C24H26ClF3N2O4/c1-15(2)34-23-19(25)12-16(13-21(23)32-3)4-7-22(31)29-20-6-5-17(14-18(20)24(26,27)28)30-8-10-33-11-9-30/h4-7,12-15H,8-11H2,1-3H3,(H,29,31)/b7-4+. The molecule has 1 amide bonds. The normalized spacial score (nSPS) is 14.5. The van der Waals surface area contributed by atoms with Crippen LogP contribution < -0.4 is 19.7 Å². The lowest BCUT2D eigenvalue weighted by molar-refractivity contribution is -0.136. The topological polar surface area (TPSA) is 60.0 Å². The Bertz CT molecular complexity index is 1050. The van der Waals surface area contributed by atoms with Crippen molar-refractivity contribution in [2.75, 3.05) is 43.6 Å². The number of benzene rings is 2. The van der Waals surface area contributed by atoms with E-state index in [0.717, 1.165) is 12.1 Å². The number of hydrogen-bond acceptors (Lipinski definition) is 5. The van der Waals surface area contributed by atoms with Crippen LogP contribution in [0.1, 0.15) is 25.0 Å². The first-order valence-corrected chi connectivity index (χ1v) is 11.0. The molecule has 0 bridgehead atoms. The van der Waals surface area contributed by atoms with Crippen LogP contribution in [-0.2, 0) is 15.7 Å². The number of nitrogens with one attached hydrogen (secondary N) is 1. The molecular formula is C24H26ClF3N2O4. The summed E-state index contributed by atoms with van der Waals surface area (Å²) in [5, 5.41) is 2.60. The van der Waals surface area contributed by atoms with Crippen molar-refractivity contribution >= 4 is 35.0 Å². The van der Waals surface area contributed by atoms with Crippen molar-refractivity contribution in [1.82, 2.24) is 0 Å². The Hall–Kier alpha value is -2.91. The second-order valence-corrected chi connectivity index (χ2v) is 8.26. The number of carbonyl (C=O) groups is 1. The van der Waals surface area contributed by atoms with Gasteiger partial charge in [-0.25, -0.2) is 0 Å². The lowest BCUT2D eigenvalue weighted by Gasteiger charge is -2.29. The molecule has 0 saturated carbocycles. The number of morpholine rings is 1. The highest BCUT2D eigenvalue weighted by Gasteiger charge is 2.34. The Balaban J connectivity index is 1.79. The van der Waals surface area contributed by atoms with E-state index in [1.54, 1.807) is 18.2 Å². The van der Waals surface area contributed by atoms with Crippen LogP contribution in [0.2, 0.25) is 5.02 Å². The van der Waals surface area contributed by atoms with E-state index in [4.69, 9.17) is 25.8 Å². The third-order valence-corrected chi connectivity index (χ3v) is 5.26. The Kier molecular flexibility index (Phi) is 8.33. The van der Waals surface area contributed by atoms with Gasteiger partial charge < -0.3 is 24.4 Å². The third-order valence-electron chi connectivity index (χ3n) is 4.98. The molecule has 10 heteroatoms. The minimum Gasteiger partial charge on any atom is -0.493 e. The second kappa shape index (κ2) is 11.0. The molecule has 1 N–H and O–H groups in total. The summed E-state index contributed by atoms with van der Waals surface area (Å²) in [6.45, 7) is 5.58. The molecule has 0 radical (unpaired) electrons. The Morgan fingerprint density at radius 1 is 1.21 bits per heavy atom. The molecule has 184 valence electrons. The molecule has 1 fully saturated rings. The fourth-order valence-corrected chi connectivity index (χ4v) is 3.69. The van der Waals surface area contributed by atoms with E-state index in [2.05, 4.69) is 5.32 Å². The van der Waals surface area contributed by atoms with Crippen molar-refractivity contribution in [2.45, 2.75) is 26.1 Å². The molecule has 34 heavy (non-hydrogen) atoms. The average molecular weight is 499 g/mol. The lowest BCUT2D eigenvalue weighted by atomic mass is 10.1. The average Bonchev–Trinajstić information content (AvgIpc) is 2.79. The number of nitrogens with zero attached hydrogens (tertiary/aromatic N) is 1. The van der Waals surface area contributed by atoms with Crippen LogP contribution in [0.3, 0.4) is 0 Å². The van der Waals surface area contributed by atoms with Crippen LogP contribution in [0.4, 0.5) is 24.5 Å². The Morgan fingerprint density at radius 2 is 1.91 bits per heavy atom. The van der Waals surface area contributed by atoms with Gasteiger partial charge in [-0.2, -0.15) is 13.2 Å². The molecule has 6 nitrogen and oxygen atoms in total. The number of methoxy groups -OCH3 is 1. The molecule has 1 heterocycles. The molecule has 0 unspecified atom stereocenters. The monoisotopic (exact) mass is 498 g/mol. The molecule has 0 aromatic heterocycles. The first kappa shape index (κ1) is 25.7. The predicted molar refractivity (Wildman–Crippen MR) is 126 cm³/mol. The van der Waals surface area contributed by atoms with Gasteiger partial charge in [-0.3, -0.25) is 4.79 Å². The van der Waals surface area contributed by atoms with Crippen LogP contribution in [0, 0.1) is 0 Å².